The van der Waals surface area contributed by atoms with E-state index in [9.17, 15) is 0 Å². The fourth-order valence-electron chi connectivity index (χ4n) is 2.28. The fourth-order valence-corrected chi connectivity index (χ4v) is 2.28. The minimum atomic E-state index is 0.598. The minimum Gasteiger partial charge on any atom is -0.348 e. The summed E-state index contributed by atoms with van der Waals surface area (Å²) in [7, 11) is 2.14. The van der Waals surface area contributed by atoms with Crippen molar-refractivity contribution in [3.05, 3.63) is 35.5 Å². The molecule has 1 heterocycles. The molecule has 0 fully saturated rings. The molecule has 108 valence electrons. The van der Waals surface area contributed by atoms with Gasteiger partial charge < -0.3 is 4.57 Å². The predicted molar refractivity (Wildman–Crippen MR) is 89.1 cm³/mol. The molecular weight excluding hydrogens is 230 g/mol. The number of benzene rings is 1. The van der Waals surface area contributed by atoms with Gasteiger partial charge in [0.15, 0.2) is 0 Å². The van der Waals surface area contributed by atoms with Crippen molar-refractivity contribution < 1.29 is 0 Å². The second kappa shape index (κ2) is 8.79. The van der Waals surface area contributed by atoms with Gasteiger partial charge in [-0.25, -0.2) is 0 Å². The van der Waals surface area contributed by atoms with Crippen LogP contribution >= 0.6 is 0 Å². The molecule has 0 amide bonds. The molecule has 1 aromatic carbocycles. The first-order valence-electron chi connectivity index (χ1n) is 7.58. The summed E-state index contributed by atoms with van der Waals surface area (Å²) in [5, 5.41) is 1.41. The fraction of sp³-hybridized carbons (Fsp3) is 0.556. The van der Waals surface area contributed by atoms with E-state index in [2.05, 4.69) is 70.5 Å². The standard InChI is InChI=1S/C13H17N.C3H8.C2H6/c1-9(2)13-10(3)14(4)12-8-6-5-7-11(12)13;1-3-2;1-2/h5-9H,1-4H3;3H2,1-2H3;1-2H3. The lowest BCUT2D eigenvalue weighted by Crippen LogP contribution is -1.93. The minimum absolute atomic E-state index is 0.598. The van der Waals surface area contributed by atoms with Crippen LogP contribution in [0.3, 0.4) is 0 Å². The molecular formula is C18H31N. The Morgan fingerprint density at radius 2 is 1.53 bits per heavy atom. The summed E-state index contributed by atoms with van der Waals surface area (Å²) in [4.78, 5) is 0. The molecule has 0 radical (unpaired) electrons. The Morgan fingerprint density at radius 3 is 2.00 bits per heavy atom. The maximum Gasteiger partial charge on any atom is 0.0482 e. The highest BCUT2D eigenvalue weighted by molar-refractivity contribution is 5.85. The van der Waals surface area contributed by atoms with Crippen LogP contribution in [0.4, 0.5) is 0 Å². The van der Waals surface area contributed by atoms with Crippen LogP contribution in [-0.2, 0) is 7.05 Å². The summed E-state index contributed by atoms with van der Waals surface area (Å²) in [6.45, 7) is 15.0. The number of hydrogen-bond donors (Lipinski definition) is 0. The third kappa shape index (κ3) is 4.12. The Labute approximate surface area is 119 Å². The number of nitrogens with zero attached hydrogens (tertiary/aromatic N) is 1. The van der Waals surface area contributed by atoms with Gasteiger partial charge in [0.25, 0.3) is 0 Å². The molecule has 0 unspecified atom stereocenters. The molecule has 0 atom stereocenters. The summed E-state index contributed by atoms with van der Waals surface area (Å²) in [5.74, 6) is 0.598. The lowest BCUT2D eigenvalue weighted by molar-refractivity contribution is 0.829. The average molecular weight is 261 g/mol. The van der Waals surface area contributed by atoms with Crippen molar-refractivity contribution in [2.24, 2.45) is 7.05 Å². The van der Waals surface area contributed by atoms with Crippen LogP contribution in [0.25, 0.3) is 10.9 Å². The van der Waals surface area contributed by atoms with Gasteiger partial charge in [-0.2, -0.15) is 0 Å². The predicted octanol–water partition coefficient (Wildman–Crippen LogP) is 6.05. The zero-order valence-corrected chi connectivity index (χ0v) is 14.0. The van der Waals surface area contributed by atoms with Crippen molar-refractivity contribution >= 4 is 10.9 Å². The van der Waals surface area contributed by atoms with Crippen LogP contribution in [0, 0.1) is 6.92 Å². The zero-order valence-electron chi connectivity index (χ0n) is 14.0. The maximum atomic E-state index is 2.28. The van der Waals surface area contributed by atoms with Crippen LogP contribution in [0.5, 0.6) is 0 Å². The van der Waals surface area contributed by atoms with E-state index in [1.807, 2.05) is 13.8 Å². The molecule has 2 aromatic rings. The van der Waals surface area contributed by atoms with Gasteiger partial charge in [0, 0.05) is 23.6 Å². The lowest BCUT2D eigenvalue weighted by atomic mass is 10.00. The SMILES string of the molecule is CC.CCC.Cc1c(C(C)C)c2ccccc2n1C. The molecule has 0 aliphatic rings. The van der Waals surface area contributed by atoms with Crippen molar-refractivity contribution in [2.45, 2.75) is 60.8 Å². The zero-order chi connectivity index (χ0) is 15.0. The highest BCUT2D eigenvalue weighted by Crippen LogP contribution is 2.30. The van der Waals surface area contributed by atoms with Gasteiger partial charge in [-0.1, -0.05) is 66.2 Å². The van der Waals surface area contributed by atoms with Crippen molar-refractivity contribution in [1.82, 2.24) is 4.57 Å². The van der Waals surface area contributed by atoms with Gasteiger partial charge in [-0.05, 0) is 24.5 Å². The van der Waals surface area contributed by atoms with E-state index in [1.54, 1.807) is 0 Å². The molecule has 0 aliphatic heterocycles. The van der Waals surface area contributed by atoms with Gasteiger partial charge in [-0.3, -0.25) is 0 Å². The summed E-state index contributed by atoms with van der Waals surface area (Å²) in [6.07, 6.45) is 1.25. The molecule has 0 bridgehead atoms. The van der Waals surface area contributed by atoms with Gasteiger partial charge >= 0.3 is 0 Å². The van der Waals surface area contributed by atoms with Crippen molar-refractivity contribution in [3.8, 4) is 0 Å². The highest BCUT2D eigenvalue weighted by atomic mass is 14.9. The van der Waals surface area contributed by atoms with E-state index in [0.717, 1.165) is 0 Å². The molecule has 2 rings (SSSR count). The number of aromatic nitrogens is 1. The molecule has 1 heteroatoms. The number of hydrogen-bond acceptors (Lipinski definition) is 0. The third-order valence-electron chi connectivity index (χ3n) is 3.03. The van der Waals surface area contributed by atoms with Crippen LogP contribution in [0.1, 0.15) is 65.1 Å². The molecule has 0 N–H and O–H groups in total. The van der Waals surface area contributed by atoms with Gasteiger partial charge in [0.1, 0.15) is 0 Å². The largest absolute Gasteiger partial charge is 0.348 e. The molecule has 19 heavy (non-hydrogen) atoms. The Morgan fingerprint density at radius 1 is 1.05 bits per heavy atom. The van der Waals surface area contributed by atoms with E-state index < -0.39 is 0 Å². The van der Waals surface area contributed by atoms with Gasteiger partial charge in [0.05, 0.1) is 0 Å². The van der Waals surface area contributed by atoms with Crippen LogP contribution in [-0.4, -0.2) is 4.57 Å². The van der Waals surface area contributed by atoms with Crippen LogP contribution in [0.15, 0.2) is 24.3 Å². The summed E-state index contributed by atoms with van der Waals surface area (Å²) in [6, 6.07) is 8.63. The Balaban J connectivity index is 0.000000573. The van der Waals surface area contributed by atoms with E-state index >= 15 is 0 Å². The Bertz CT molecular complexity index is 478. The van der Waals surface area contributed by atoms with E-state index in [1.165, 1.54) is 28.6 Å². The van der Waals surface area contributed by atoms with E-state index in [-0.39, 0.29) is 0 Å². The molecule has 0 saturated heterocycles. The van der Waals surface area contributed by atoms with Crippen molar-refractivity contribution in [2.75, 3.05) is 0 Å². The summed E-state index contributed by atoms with van der Waals surface area (Å²) >= 11 is 0. The molecule has 0 spiro atoms. The van der Waals surface area contributed by atoms with Crippen molar-refractivity contribution in [3.63, 3.8) is 0 Å². The van der Waals surface area contributed by atoms with E-state index in [0.29, 0.717) is 5.92 Å². The quantitative estimate of drug-likeness (QED) is 0.588. The molecule has 1 aromatic heterocycles. The highest BCUT2D eigenvalue weighted by Gasteiger charge is 2.13. The monoisotopic (exact) mass is 261 g/mol. The second-order valence-electron chi connectivity index (χ2n) is 4.94. The van der Waals surface area contributed by atoms with E-state index in [4.69, 9.17) is 0 Å². The van der Waals surface area contributed by atoms with Gasteiger partial charge in [0.2, 0.25) is 0 Å². The number of fused-ring (bicyclic) bond motifs is 1. The summed E-state index contributed by atoms with van der Waals surface area (Å²) < 4.78 is 2.28. The number of rotatable bonds is 1. The molecule has 1 nitrogen and oxygen atoms in total. The molecule has 0 saturated carbocycles. The molecule has 0 aliphatic carbocycles. The first-order chi connectivity index (χ1) is 9.04. The van der Waals surface area contributed by atoms with Crippen LogP contribution in [0.2, 0.25) is 0 Å². The normalized spacial score (nSPS) is 9.74. The number of aryl methyl sites for hydroxylation is 1. The average Bonchev–Trinajstić information content (AvgIpc) is 2.66. The van der Waals surface area contributed by atoms with Crippen molar-refractivity contribution in [1.29, 1.82) is 0 Å². The van der Waals surface area contributed by atoms with Crippen LogP contribution < -0.4 is 0 Å². The topological polar surface area (TPSA) is 4.93 Å². The smallest absolute Gasteiger partial charge is 0.0482 e. The third-order valence-corrected chi connectivity index (χ3v) is 3.03. The maximum absolute atomic E-state index is 2.28. The summed E-state index contributed by atoms with van der Waals surface area (Å²) in [5.41, 5.74) is 4.22. The van der Waals surface area contributed by atoms with Gasteiger partial charge in [-0.15, -0.1) is 0 Å². The number of para-hydroxylation sites is 1. The second-order valence-corrected chi connectivity index (χ2v) is 4.94. The first kappa shape index (κ1) is 17.8. The first-order valence-corrected chi connectivity index (χ1v) is 7.58. The Kier molecular flexibility index (Phi) is 8.22. The lowest BCUT2D eigenvalue weighted by Gasteiger charge is -2.05. The Hall–Kier alpha value is -1.24.